The molecule has 0 spiro atoms. The van der Waals surface area contributed by atoms with Crippen LogP contribution in [0.2, 0.25) is 0 Å². The number of carbonyl (C=O) groups is 2. The van der Waals surface area contributed by atoms with Gasteiger partial charge in [0.15, 0.2) is 5.78 Å². The van der Waals surface area contributed by atoms with E-state index in [4.69, 9.17) is 0 Å². The predicted octanol–water partition coefficient (Wildman–Crippen LogP) is 3.89. The van der Waals surface area contributed by atoms with E-state index in [0.717, 1.165) is 16.3 Å². The molecule has 3 nitrogen and oxygen atoms in total. The smallest absolute Gasteiger partial charge is 0.209 e. The van der Waals surface area contributed by atoms with Crippen LogP contribution in [-0.2, 0) is 6.54 Å². The van der Waals surface area contributed by atoms with Crippen LogP contribution in [0.4, 0.5) is 0 Å². The van der Waals surface area contributed by atoms with Crippen molar-refractivity contribution in [2.45, 2.75) is 6.54 Å². The lowest BCUT2D eigenvalue weighted by atomic mass is 9.90. The third-order valence-electron chi connectivity index (χ3n) is 4.24. The molecule has 1 aliphatic carbocycles. The molecule has 4 rings (SSSR count). The quantitative estimate of drug-likeness (QED) is 0.798. The first-order chi connectivity index (χ1) is 11.7. The van der Waals surface area contributed by atoms with Crippen molar-refractivity contribution in [2.24, 2.45) is 0 Å². The summed E-state index contributed by atoms with van der Waals surface area (Å²) in [7, 11) is 0. The number of benzene rings is 3. The average molecular weight is 313 g/mol. The topological polar surface area (TPSA) is 46.2 Å². The molecule has 0 bridgehead atoms. The number of hydrogen-bond acceptors (Lipinski definition) is 3. The van der Waals surface area contributed by atoms with E-state index < -0.39 is 0 Å². The Bertz CT molecular complexity index is 987. The summed E-state index contributed by atoms with van der Waals surface area (Å²) in [5, 5.41) is 5.02. The molecular formula is C21H15NO2. The van der Waals surface area contributed by atoms with Crippen molar-refractivity contribution in [3.05, 3.63) is 95.2 Å². The maximum atomic E-state index is 12.7. The summed E-state index contributed by atoms with van der Waals surface area (Å²) in [4.78, 5) is 25.2. The van der Waals surface area contributed by atoms with Gasteiger partial charge in [-0.15, -0.1) is 0 Å². The van der Waals surface area contributed by atoms with Crippen molar-refractivity contribution in [1.29, 1.82) is 0 Å². The van der Waals surface area contributed by atoms with Gasteiger partial charge in [0.05, 0.1) is 5.70 Å². The summed E-state index contributed by atoms with van der Waals surface area (Å²) in [6.45, 7) is 0.509. The minimum absolute atomic E-state index is 0.133. The summed E-state index contributed by atoms with van der Waals surface area (Å²) in [5.74, 6) is -0.266. The number of Topliss-reactive ketones (excluding diaryl/α,β-unsaturated/α-hetero) is 1. The molecule has 3 aromatic carbocycles. The normalized spacial score (nSPS) is 13.6. The third kappa shape index (κ3) is 2.50. The molecule has 0 saturated heterocycles. The zero-order valence-corrected chi connectivity index (χ0v) is 13.0. The van der Waals surface area contributed by atoms with Crippen LogP contribution in [0, 0.1) is 0 Å². The lowest BCUT2D eigenvalue weighted by Gasteiger charge is -2.17. The van der Waals surface area contributed by atoms with Gasteiger partial charge in [-0.1, -0.05) is 54.6 Å². The molecule has 0 heterocycles. The van der Waals surface area contributed by atoms with Crippen LogP contribution in [0.1, 0.15) is 26.3 Å². The molecule has 116 valence electrons. The second-order valence-corrected chi connectivity index (χ2v) is 5.84. The number of hydrogen-bond donors (Lipinski definition) is 1. The highest BCUT2D eigenvalue weighted by atomic mass is 16.1. The number of fused-ring (bicyclic) bond motifs is 2. The van der Waals surface area contributed by atoms with Crippen molar-refractivity contribution in [3.63, 3.8) is 0 Å². The van der Waals surface area contributed by atoms with Crippen molar-refractivity contribution >= 4 is 22.3 Å². The Morgan fingerprint density at radius 1 is 0.750 bits per heavy atom. The van der Waals surface area contributed by atoms with Crippen LogP contribution in [0.5, 0.6) is 0 Å². The molecule has 3 aromatic rings. The standard InChI is InChI=1S/C21H15NO2/c23-20-12-19(22-13-14-6-2-1-3-7-14)21(24)18-11-16-9-5-4-8-15(16)10-17(18)20/h1-12,22H,13H2. The van der Waals surface area contributed by atoms with E-state index in [1.807, 2.05) is 60.7 Å². The number of carbonyl (C=O) groups excluding carboxylic acids is 2. The first-order valence-corrected chi connectivity index (χ1v) is 7.84. The average Bonchev–Trinajstić information content (AvgIpc) is 2.63. The van der Waals surface area contributed by atoms with E-state index in [2.05, 4.69) is 5.32 Å². The van der Waals surface area contributed by atoms with Gasteiger partial charge in [0.1, 0.15) is 0 Å². The van der Waals surface area contributed by atoms with Crippen LogP contribution in [-0.4, -0.2) is 11.6 Å². The van der Waals surface area contributed by atoms with Crippen molar-refractivity contribution in [1.82, 2.24) is 5.32 Å². The highest BCUT2D eigenvalue weighted by Crippen LogP contribution is 2.26. The SMILES string of the molecule is O=C1C=C(NCc2ccccc2)C(=O)c2cc3ccccc3cc21. The number of ketones is 2. The number of rotatable bonds is 3. The Morgan fingerprint density at radius 2 is 1.38 bits per heavy atom. The van der Waals surface area contributed by atoms with Crippen LogP contribution < -0.4 is 5.32 Å². The monoisotopic (exact) mass is 313 g/mol. The molecule has 0 saturated carbocycles. The molecule has 0 aliphatic heterocycles. The second kappa shape index (κ2) is 5.78. The Labute approximate surface area is 139 Å². The van der Waals surface area contributed by atoms with E-state index in [-0.39, 0.29) is 11.6 Å². The zero-order chi connectivity index (χ0) is 16.5. The molecule has 24 heavy (non-hydrogen) atoms. The first kappa shape index (κ1) is 14.4. The Balaban J connectivity index is 1.67. The summed E-state index contributed by atoms with van der Waals surface area (Å²) < 4.78 is 0. The first-order valence-electron chi connectivity index (χ1n) is 7.84. The largest absolute Gasteiger partial charge is 0.378 e. The lowest BCUT2D eigenvalue weighted by molar-refractivity contribution is 0.0978. The highest BCUT2D eigenvalue weighted by molar-refractivity contribution is 6.25. The summed E-state index contributed by atoms with van der Waals surface area (Å²) >= 11 is 0. The molecule has 0 aromatic heterocycles. The predicted molar refractivity (Wildman–Crippen MR) is 94.0 cm³/mol. The Hall–Kier alpha value is -3.20. The van der Waals surface area contributed by atoms with Crippen LogP contribution in [0.3, 0.4) is 0 Å². The number of nitrogens with one attached hydrogen (secondary N) is 1. The van der Waals surface area contributed by atoms with Crippen molar-refractivity contribution < 1.29 is 9.59 Å². The Morgan fingerprint density at radius 3 is 2.08 bits per heavy atom. The molecule has 3 heteroatoms. The third-order valence-corrected chi connectivity index (χ3v) is 4.24. The highest BCUT2D eigenvalue weighted by Gasteiger charge is 2.25. The van der Waals surface area contributed by atoms with E-state index in [9.17, 15) is 9.59 Å². The minimum atomic E-state index is -0.133. The van der Waals surface area contributed by atoms with Crippen LogP contribution in [0.15, 0.2) is 78.5 Å². The van der Waals surface area contributed by atoms with Crippen LogP contribution in [0.25, 0.3) is 10.8 Å². The molecule has 1 aliphatic rings. The Kier molecular flexibility index (Phi) is 3.47. The second-order valence-electron chi connectivity index (χ2n) is 5.84. The summed E-state index contributed by atoms with van der Waals surface area (Å²) in [6.07, 6.45) is 1.41. The van der Waals surface area contributed by atoms with Gasteiger partial charge in [-0.05, 0) is 28.5 Å². The van der Waals surface area contributed by atoms with Gasteiger partial charge in [0, 0.05) is 23.7 Å². The van der Waals surface area contributed by atoms with Gasteiger partial charge < -0.3 is 5.32 Å². The van der Waals surface area contributed by atoms with Gasteiger partial charge >= 0.3 is 0 Å². The van der Waals surface area contributed by atoms with Gasteiger partial charge in [-0.2, -0.15) is 0 Å². The van der Waals surface area contributed by atoms with E-state index in [1.54, 1.807) is 6.07 Å². The van der Waals surface area contributed by atoms with Crippen LogP contribution >= 0.6 is 0 Å². The maximum Gasteiger partial charge on any atom is 0.209 e. The fourth-order valence-corrected chi connectivity index (χ4v) is 2.98. The van der Waals surface area contributed by atoms with E-state index in [0.29, 0.717) is 23.4 Å². The van der Waals surface area contributed by atoms with E-state index in [1.165, 1.54) is 6.08 Å². The molecule has 0 unspecified atom stereocenters. The molecule has 0 radical (unpaired) electrons. The fraction of sp³-hybridized carbons (Fsp3) is 0.0476. The maximum absolute atomic E-state index is 12.7. The summed E-state index contributed by atoms with van der Waals surface area (Å²) in [5.41, 5.74) is 2.36. The van der Waals surface area contributed by atoms with Gasteiger partial charge in [-0.3, -0.25) is 9.59 Å². The van der Waals surface area contributed by atoms with Gasteiger partial charge in [0.25, 0.3) is 0 Å². The molecule has 0 fully saturated rings. The lowest BCUT2D eigenvalue weighted by Crippen LogP contribution is -2.26. The zero-order valence-electron chi connectivity index (χ0n) is 13.0. The fourth-order valence-electron chi connectivity index (χ4n) is 2.98. The summed E-state index contributed by atoms with van der Waals surface area (Å²) in [6, 6.07) is 21.1. The minimum Gasteiger partial charge on any atom is -0.378 e. The van der Waals surface area contributed by atoms with Gasteiger partial charge in [-0.25, -0.2) is 0 Å². The van der Waals surface area contributed by atoms with Crippen molar-refractivity contribution in [3.8, 4) is 0 Å². The van der Waals surface area contributed by atoms with E-state index >= 15 is 0 Å². The molecule has 0 amide bonds. The van der Waals surface area contributed by atoms with Gasteiger partial charge in [0.2, 0.25) is 5.78 Å². The molecular weight excluding hydrogens is 298 g/mol. The molecule has 1 N–H and O–H groups in total. The van der Waals surface area contributed by atoms with Crippen molar-refractivity contribution in [2.75, 3.05) is 0 Å². The number of allylic oxidation sites excluding steroid dienone is 2. The molecule has 0 atom stereocenters.